The van der Waals surface area contributed by atoms with Crippen molar-refractivity contribution >= 4 is 22.4 Å². The van der Waals surface area contributed by atoms with Crippen LogP contribution in [0.15, 0.2) is 11.7 Å². The van der Waals surface area contributed by atoms with E-state index in [4.69, 9.17) is 10.8 Å². The molecule has 0 bridgehead atoms. The fourth-order valence-corrected chi connectivity index (χ4v) is 2.00. The quantitative estimate of drug-likeness (QED) is 0.696. The molecule has 0 saturated carbocycles. The van der Waals surface area contributed by atoms with Crippen LogP contribution in [0.1, 0.15) is 17.6 Å². The lowest BCUT2D eigenvalue weighted by Crippen LogP contribution is -2.20. The summed E-state index contributed by atoms with van der Waals surface area (Å²) < 4.78 is 1.60. The van der Waals surface area contributed by atoms with E-state index in [1.165, 1.54) is 11.3 Å². The van der Waals surface area contributed by atoms with Gasteiger partial charge in [0, 0.05) is 12.4 Å². The Bertz CT molecular complexity index is 551. The molecule has 96 valence electrons. The molecule has 0 amide bonds. The number of aliphatic carboxylic acids is 1. The van der Waals surface area contributed by atoms with Crippen molar-refractivity contribution in [1.29, 1.82) is 0 Å². The number of carbonyl (C=O) groups is 1. The molecule has 1 atom stereocenters. The highest BCUT2D eigenvalue weighted by Gasteiger charge is 2.17. The topological polar surface area (TPSA) is 119 Å². The molecule has 8 nitrogen and oxygen atoms in total. The Morgan fingerprint density at radius 1 is 1.72 bits per heavy atom. The van der Waals surface area contributed by atoms with E-state index in [-0.39, 0.29) is 0 Å². The van der Waals surface area contributed by atoms with Crippen LogP contribution in [0.2, 0.25) is 0 Å². The lowest BCUT2D eigenvalue weighted by atomic mass is 10.2. The van der Waals surface area contributed by atoms with Gasteiger partial charge in [0.15, 0.2) is 11.0 Å². The number of anilines is 1. The van der Waals surface area contributed by atoms with Gasteiger partial charge in [-0.15, -0.1) is 11.3 Å². The van der Waals surface area contributed by atoms with E-state index in [1.54, 1.807) is 23.4 Å². The van der Waals surface area contributed by atoms with Gasteiger partial charge in [0.05, 0.1) is 12.2 Å². The molecule has 4 N–H and O–H groups in total. The number of nitrogens with two attached hydrogens (primary N) is 1. The molecule has 18 heavy (non-hydrogen) atoms. The van der Waals surface area contributed by atoms with Crippen LogP contribution in [0.5, 0.6) is 0 Å². The summed E-state index contributed by atoms with van der Waals surface area (Å²) in [6, 6.07) is -1.09. The molecule has 9 heteroatoms. The number of aromatic nitrogens is 4. The summed E-state index contributed by atoms with van der Waals surface area (Å²) in [5.41, 5.74) is 5.79. The predicted octanol–water partition coefficient (Wildman–Crippen LogP) is -0.0319. The van der Waals surface area contributed by atoms with Gasteiger partial charge in [-0.25, -0.2) is 9.97 Å². The molecule has 0 saturated heterocycles. The third kappa shape index (κ3) is 2.81. The molecular weight excluding hydrogens is 256 g/mol. The van der Waals surface area contributed by atoms with Gasteiger partial charge in [-0.1, -0.05) is 0 Å². The summed E-state index contributed by atoms with van der Waals surface area (Å²) in [5.74, 6) is -0.463. The van der Waals surface area contributed by atoms with Crippen molar-refractivity contribution in [2.75, 3.05) is 5.32 Å². The van der Waals surface area contributed by atoms with Crippen LogP contribution in [-0.4, -0.2) is 30.8 Å². The van der Waals surface area contributed by atoms with Crippen LogP contribution in [0, 0.1) is 0 Å². The number of carboxylic acids is 1. The average molecular weight is 268 g/mol. The summed E-state index contributed by atoms with van der Waals surface area (Å²) in [7, 11) is 1.78. The van der Waals surface area contributed by atoms with Crippen molar-refractivity contribution in [1.82, 2.24) is 19.7 Å². The van der Waals surface area contributed by atoms with Gasteiger partial charge in [-0.3, -0.25) is 9.48 Å². The van der Waals surface area contributed by atoms with Gasteiger partial charge in [-0.05, 0) is 0 Å². The lowest BCUT2D eigenvalue weighted by Gasteiger charge is -2.01. The van der Waals surface area contributed by atoms with Crippen molar-refractivity contribution in [3.63, 3.8) is 0 Å². The summed E-state index contributed by atoms with van der Waals surface area (Å²) >= 11 is 1.29. The predicted molar refractivity (Wildman–Crippen MR) is 65.0 cm³/mol. The summed E-state index contributed by atoms with van der Waals surface area (Å²) in [6.07, 6.45) is 1.60. The highest BCUT2D eigenvalue weighted by Crippen LogP contribution is 2.19. The van der Waals surface area contributed by atoms with Crippen LogP contribution < -0.4 is 11.1 Å². The number of hydrogen-bond acceptors (Lipinski definition) is 7. The third-order valence-electron chi connectivity index (χ3n) is 2.15. The van der Waals surface area contributed by atoms with Gasteiger partial charge in [0.2, 0.25) is 0 Å². The molecule has 0 aliphatic rings. The molecule has 2 heterocycles. The fraction of sp³-hybridized carbons (Fsp3) is 0.333. The third-order valence-corrected chi connectivity index (χ3v) is 2.97. The minimum atomic E-state index is -1.10. The van der Waals surface area contributed by atoms with Crippen molar-refractivity contribution in [2.24, 2.45) is 12.8 Å². The number of rotatable bonds is 5. The zero-order valence-electron chi connectivity index (χ0n) is 9.57. The maximum atomic E-state index is 10.7. The minimum absolute atomic E-state index is 0.337. The number of thiazole rings is 1. The van der Waals surface area contributed by atoms with Crippen molar-refractivity contribution in [3.8, 4) is 0 Å². The maximum Gasteiger partial charge on any atom is 0.326 e. The first kappa shape index (κ1) is 12.5. The van der Waals surface area contributed by atoms with Crippen molar-refractivity contribution in [3.05, 3.63) is 23.2 Å². The van der Waals surface area contributed by atoms with Crippen LogP contribution >= 0.6 is 11.3 Å². The number of aryl methyl sites for hydroxylation is 1. The Labute approximate surface area is 106 Å². The summed E-state index contributed by atoms with van der Waals surface area (Å²) in [5, 5.41) is 18.1. The monoisotopic (exact) mass is 268 g/mol. The number of nitrogens with zero attached hydrogens (tertiary/aromatic N) is 4. The van der Waals surface area contributed by atoms with E-state index in [0.717, 1.165) is 0 Å². The Kier molecular flexibility index (Phi) is 3.53. The number of nitrogens with one attached hydrogen (secondary N) is 1. The Morgan fingerprint density at radius 3 is 3.11 bits per heavy atom. The van der Waals surface area contributed by atoms with Gasteiger partial charge in [-0.2, -0.15) is 5.10 Å². The maximum absolute atomic E-state index is 10.7. The molecule has 1 unspecified atom stereocenters. The van der Waals surface area contributed by atoms with Gasteiger partial charge in [0.25, 0.3) is 0 Å². The standard InChI is InChI=1S/C9H12N6O2S/c1-15-4-12-6(14-15)2-11-9-13-5(3-18-9)7(10)8(16)17/h3-4,7H,2,10H2,1H3,(H,11,13)(H,16,17). The highest BCUT2D eigenvalue weighted by molar-refractivity contribution is 7.13. The average Bonchev–Trinajstić information content (AvgIpc) is 2.94. The molecule has 0 fully saturated rings. The smallest absolute Gasteiger partial charge is 0.326 e. The van der Waals surface area contributed by atoms with Crippen LogP contribution in [-0.2, 0) is 18.4 Å². The Hall–Kier alpha value is -2.00. The van der Waals surface area contributed by atoms with E-state index in [9.17, 15) is 4.79 Å². The highest BCUT2D eigenvalue weighted by atomic mass is 32.1. The van der Waals surface area contributed by atoms with E-state index in [0.29, 0.717) is 23.2 Å². The fourth-order valence-electron chi connectivity index (χ4n) is 1.26. The van der Waals surface area contributed by atoms with E-state index in [1.807, 2.05) is 0 Å². The van der Waals surface area contributed by atoms with Crippen LogP contribution in [0.4, 0.5) is 5.13 Å². The second-order valence-electron chi connectivity index (χ2n) is 3.58. The van der Waals surface area contributed by atoms with E-state index < -0.39 is 12.0 Å². The first-order valence-electron chi connectivity index (χ1n) is 5.08. The number of carboxylic acid groups (broad SMARTS) is 1. The molecule has 2 rings (SSSR count). The molecule has 0 aromatic carbocycles. The van der Waals surface area contributed by atoms with Crippen LogP contribution in [0.3, 0.4) is 0 Å². The SMILES string of the molecule is Cn1cnc(CNc2nc(C(N)C(=O)O)cs2)n1. The molecule has 0 spiro atoms. The lowest BCUT2D eigenvalue weighted by molar-refractivity contribution is -0.138. The number of hydrogen-bond donors (Lipinski definition) is 3. The normalized spacial score (nSPS) is 12.3. The van der Waals surface area contributed by atoms with E-state index in [2.05, 4.69) is 20.4 Å². The van der Waals surface area contributed by atoms with Gasteiger partial charge < -0.3 is 16.2 Å². The largest absolute Gasteiger partial charge is 0.480 e. The van der Waals surface area contributed by atoms with Gasteiger partial charge in [0.1, 0.15) is 12.4 Å². The second-order valence-corrected chi connectivity index (χ2v) is 4.44. The van der Waals surface area contributed by atoms with Crippen LogP contribution in [0.25, 0.3) is 0 Å². The molecular formula is C9H12N6O2S. The van der Waals surface area contributed by atoms with Gasteiger partial charge >= 0.3 is 5.97 Å². The van der Waals surface area contributed by atoms with Crippen molar-refractivity contribution < 1.29 is 9.90 Å². The molecule has 0 radical (unpaired) electrons. The second kappa shape index (κ2) is 5.10. The zero-order chi connectivity index (χ0) is 13.1. The molecule has 2 aromatic rings. The van der Waals surface area contributed by atoms with Crippen molar-refractivity contribution in [2.45, 2.75) is 12.6 Å². The Balaban J connectivity index is 1.96. The zero-order valence-corrected chi connectivity index (χ0v) is 10.4. The summed E-state index contributed by atoms with van der Waals surface area (Å²) in [4.78, 5) is 18.8. The Morgan fingerprint density at radius 2 is 2.50 bits per heavy atom. The molecule has 0 aliphatic carbocycles. The first-order chi connectivity index (χ1) is 8.56. The van der Waals surface area contributed by atoms with E-state index >= 15 is 0 Å². The molecule has 0 aliphatic heterocycles. The minimum Gasteiger partial charge on any atom is -0.480 e. The molecule has 2 aromatic heterocycles. The summed E-state index contributed by atoms with van der Waals surface area (Å²) in [6.45, 7) is 0.427. The first-order valence-corrected chi connectivity index (χ1v) is 5.96.